The molecule has 0 spiro atoms. The highest BCUT2D eigenvalue weighted by atomic mass is 19.1. The lowest BCUT2D eigenvalue weighted by Crippen LogP contribution is -2.27. The van der Waals surface area contributed by atoms with E-state index in [4.69, 9.17) is 0 Å². The Morgan fingerprint density at radius 3 is 2.67 bits per heavy atom. The predicted molar refractivity (Wildman–Crippen MR) is 117 cm³/mol. The molecule has 4 aromatic rings. The van der Waals surface area contributed by atoms with E-state index in [1.54, 1.807) is 38.1 Å². The molecule has 1 amide bonds. The molecule has 2 aromatic heterocycles. The van der Waals surface area contributed by atoms with Crippen LogP contribution in [-0.2, 0) is 5.60 Å². The van der Waals surface area contributed by atoms with Crippen molar-refractivity contribution >= 4 is 16.9 Å². The lowest BCUT2D eigenvalue weighted by Gasteiger charge is -2.19. The molecular formula is C24H20FN5O3. The first-order valence-corrected chi connectivity index (χ1v) is 10.6. The van der Waals surface area contributed by atoms with Crippen LogP contribution in [0.4, 0.5) is 4.39 Å². The number of aliphatic hydroxyl groups is 1. The van der Waals surface area contributed by atoms with Crippen molar-refractivity contribution in [2.75, 3.05) is 0 Å². The summed E-state index contributed by atoms with van der Waals surface area (Å²) in [7, 11) is 0. The number of carbonyl (C=O) groups excluding carboxylic acids is 1. The zero-order valence-corrected chi connectivity index (χ0v) is 17.9. The van der Waals surface area contributed by atoms with Gasteiger partial charge in [-0.25, -0.2) is 19.3 Å². The number of hydrogen-bond acceptors (Lipinski definition) is 6. The Hall–Kier alpha value is -3.85. The van der Waals surface area contributed by atoms with E-state index in [-0.39, 0.29) is 29.6 Å². The summed E-state index contributed by atoms with van der Waals surface area (Å²) in [6.45, 7) is 3.16. The number of phenols is 1. The molecule has 2 aliphatic heterocycles. The Kier molecular flexibility index (Phi) is 3.95. The fourth-order valence-electron chi connectivity index (χ4n) is 4.85. The van der Waals surface area contributed by atoms with E-state index in [1.165, 1.54) is 18.5 Å². The van der Waals surface area contributed by atoms with Crippen LogP contribution in [0.3, 0.4) is 0 Å². The van der Waals surface area contributed by atoms with Crippen LogP contribution in [-0.4, -0.2) is 35.6 Å². The number of amides is 1. The maximum absolute atomic E-state index is 15.1. The van der Waals surface area contributed by atoms with Crippen molar-refractivity contribution in [2.24, 2.45) is 0 Å². The van der Waals surface area contributed by atoms with Gasteiger partial charge < -0.3 is 20.1 Å². The van der Waals surface area contributed by atoms with Crippen LogP contribution >= 0.6 is 0 Å². The van der Waals surface area contributed by atoms with Crippen LogP contribution in [0.5, 0.6) is 5.75 Å². The molecule has 3 N–H and O–H groups in total. The number of nitrogens with one attached hydrogen (secondary N) is 1. The number of hydrogen-bond donors (Lipinski definition) is 3. The summed E-state index contributed by atoms with van der Waals surface area (Å²) >= 11 is 0. The number of fused-ring (bicyclic) bond motifs is 9. The molecule has 33 heavy (non-hydrogen) atoms. The van der Waals surface area contributed by atoms with E-state index < -0.39 is 11.4 Å². The van der Waals surface area contributed by atoms with E-state index >= 15 is 4.39 Å². The molecular weight excluding hydrogens is 425 g/mol. The number of aromatic nitrogens is 4. The van der Waals surface area contributed by atoms with Gasteiger partial charge in [-0.3, -0.25) is 4.79 Å². The zero-order valence-electron chi connectivity index (χ0n) is 17.9. The van der Waals surface area contributed by atoms with Crippen molar-refractivity contribution < 1.29 is 19.4 Å². The normalized spacial score (nSPS) is 19.2. The van der Waals surface area contributed by atoms with Gasteiger partial charge in [-0.15, -0.1) is 0 Å². The Morgan fingerprint density at radius 2 is 1.94 bits per heavy atom. The molecule has 0 saturated heterocycles. The fourth-order valence-corrected chi connectivity index (χ4v) is 4.85. The largest absolute Gasteiger partial charge is 0.508 e. The third-order valence-electron chi connectivity index (χ3n) is 6.36. The van der Waals surface area contributed by atoms with E-state index in [1.807, 2.05) is 4.57 Å². The number of nitrogens with zero attached hydrogens (tertiary/aromatic N) is 4. The summed E-state index contributed by atoms with van der Waals surface area (Å²) in [6, 6.07) is 7.29. The lowest BCUT2D eigenvalue weighted by atomic mass is 9.97. The van der Waals surface area contributed by atoms with Gasteiger partial charge >= 0.3 is 0 Å². The highest BCUT2D eigenvalue weighted by Gasteiger charge is 2.42. The van der Waals surface area contributed by atoms with Crippen molar-refractivity contribution in [3.8, 4) is 16.9 Å². The van der Waals surface area contributed by atoms with Crippen LogP contribution in [0.2, 0.25) is 0 Å². The minimum Gasteiger partial charge on any atom is -0.508 e. The highest BCUT2D eigenvalue weighted by Crippen LogP contribution is 2.47. The molecule has 0 fully saturated rings. The Balaban J connectivity index is 1.54. The maximum atomic E-state index is 15.1. The van der Waals surface area contributed by atoms with Crippen LogP contribution < -0.4 is 5.32 Å². The molecule has 8 nitrogen and oxygen atoms in total. The van der Waals surface area contributed by atoms with Gasteiger partial charge in [0.25, 0.3) is 5.91 Å². The summed E-state index contributed by atoms with van der Waals surface area (Å²) in [5.41, 5.74) is 1.67. The molecule has 2 bridgehead atoms. The quantitative estimate of drug-likeness (QED) is 0.436. The lowest BCUT2D eigenvalue weighted by molar-refractivity contribution is 0.0687. The first-order valence-electron chi connectivity index (χ1n) is 10.6. The number of imidazole rings is 1. The molecule has 2 aromatic carbocycles. The second kappa shape index (κ2) is 6.58. The Labute approximate surface area is 187 Å². The molecule has 0 radical (unpaired) electrons. The summed E-state index contributed by atoms with van der Waals surface area (Å²) in [4.78, 5) is 25.7. The van der Waals surface area contributed by atoms with Crippen molar-refractivity contribution in [3.63, 3.8) is 0 Å². The molecule has 2 aliphatic rings. The highest BCUT2D eigenvalue weighted by molar-refractivity contribution is 5.98. The van der Waals surface area contributed by atoms with Gasteiger partial charge in [0.1, 0.15) is 23.0 Å². The maximum Gasteiger partial charge on any atom is 0.252 e. The third-order valence-corrected chi connectivity index (χ3v) is 6.36. The number of benzene rings is 2. The first-order chi connectivity index (χ1) is 15.7. The average molecular weight is 445 g/mol. The zero-order chi connectivity index (χ0) is 23.1. The molecule has 6 rings (SSSR count). The second-order valence-electron chi connectivity index (χ2n) is 9.03. The Bertz CT molecular complexity index is 1460. The number of phenolic OH excluding ortho intramolecular Hbond substituents is 1. The molecule has 0 aliphatic carbocycles. The van der Waals surface area contributed by atoms with E-state index in [9.17, 15) is 15.0 Å². The van der Waals surface area contributed by atoms with E-state index in [0.717, 1.165) is 0 Å². The summed E-state index contributed by atoms with van der Waals surface area (Å²) in [6.07, 6.45) is 3.51. The summed E-state index contributed by atoms with van der Waals surface area (Å²) in [5.74, 6) is 0.172. The van der Waals surface area contributed by atoms with E-state index in [2.05, 4.69) is 20.3 Å². The van der Waals surface area contributed by atoms with Crippen molar-refractivity contribution in [2.45, 2.75) is 38.0 Å². The van der Waals surface area contributed by atoms with Crippen molar-refractivity contribution in [3.05, 3.63) is 71.3 Å². The monoisotopic (exact) mass is 445 g/mol. The average Bonchev–Trinajstić information content (AvgIpc) is 3.24. The van der Waals surface area contributed by atoms with E-state index in [0.29, 0.717) is 45.5 Å². The van der Waals surface area contributed by atoms with Gasteiger partial charge in [-0.1, -0.05) is 6.07 Å². The standard InChI is InChI=1S/C24H20FN5O3/c1-24(2,33)23-26-9-11(10-27-23)13-6-17-15(7-14(13)25)28-21-16-8-18(30(17)21)20-12(22(32)29-16)4-3-5-19(20)31/h3-7,9-10,16,18,31,33H,8H2,1-2H3,(H,29,32)/t16-,18-/m1/s1. The number of carbonyl (C=O) groups is 1. The fraction of sp³-hybridized carbons (Fsp3) is 0.250. The minimum atomic E-state index is -1.21. The summed E-state index contributed by atoms with van der Waals surface area (Å²) < 4.78 is 17.0. The molecule has 9 heteroatoms. The molecule has 4 heterocycles. The van der Waals surface area contributed by atoms with Gasteiger partial charge in [0, 0.05) is 40.7 Å². The van der Waals surface area contributed by atoms with Gasteiger partial charge in [0.05, 0.1) is 23.1 Å². The number of halogens is 1. The van der Waals surface area contributed by atoms with Gasteiger partial charge in [-0.2, -0.15) is 0 Å². The topological polar surface area (TPSA) is 113 Å². The first kappa shape index (κ1) is 19.8. The van der Waals surface area contributed by atoms with Crippen LogP contribution in [0.25, 0.3) is 22.2 Å². The molecule has 0 unspecified atom stereocenters. The van der Waals surface area contributed by atoms with Crippen LogP contribution in [0.1, 0.15) is 59.9 Å². The van der Waals surface area contributed by atoms with Gasteiger partial charge in [-0.05, 0) is 38.5 Å². The Morgan fingerprint density at radius 1 is 1.18 bits per heavy atom. The van der Waals surface area contributed by atoms with Crippen LogP contribution in [0, 0.1) is 5.82 Å². The van der Waals surface area contributed by atoms with Crippen molar-refractivity contribution in [1.82, 2.24) is 24.8 Å². The van der Waals surface area contributed by atoms with Gasteiger partial charge in [0.2, 0.25) is 0 Å². The van der Waals surface area contributed by atoms with Gasteiger partial charge in [0.15, 0.2) is 5.82 Å². The second-order valence-corrected chi connectivity index (χ2v) is 9.03. The minimum absolute atomic E-state index is 0.0425. The SMILES string of the molecule is CC(C)(O)c1ncc(-c2cc3c(cc2F)nc2n3[C@@H]3C[C@H]2NC(=O)c2cccc(O)c23)cn1. The summed E-state index contributed by atoms with van der Waals surface area (Å²) in [5, 5.41) is 23.7. The third kappa shape index (κ3) is 2.85. The smallest absolute Gasteiger partial charge is 0.252 e. The molecule has 166 valence electrons. The number of aromatic hydroxyl groups is 1. The molecule has 2 atom stereocenters. The number of rotatable bonds is 2. The molecule has 0 saturated carbocycles. The van der Waals surface area contributed by atoms with Crippen LogP contribution in [0.15, 0.2) is 42.7 Å². The van der Waals surface area contributed by atoms with Crippen molar-refractivity contribution in [1.29, 1.82) is 0 Å². The predicted octanol–water partition coefficient (Wildman–Crippen LogP) is 3.34.